The second-order valence-electron chi connectivity index (χ2n) is 8.19. The molecule has 7 heteroatoms. The average Bonchev–Trinajstić information content (AvgIpc) is 2.86. The van der Waals surface area contributed by atoms with Crippen molar-refractivity contribution in [3.05, 3.63) is 77.9 Å². The first-order valence-electron chi connectivity index (χ1n) is 11.1. The third kappa shape index (κ3) is 5.31. The Balaban J connectivity index is 1.22. The first-order chi connectivity index (χ1) is 16.0. The summed E-state index contributed by atoms with van der Waals surface area (Å²) in [6.07, 6.45) is 1.23. The molecule has 1 heterocycles. The Morgan fingerprint density at radius 2 is 1.52 bits per heavy atom. The van der Waals surface area contributed by atoms with Crippen molar-refractivity contribution < 1.29 is 19.5 Å². The molecule has 1 aliphatic heterocycles. The highest BCUT2D eigenvalue weighted by Crippen LogP contribution is 2.23. The molecule has 1 fully saturated rings. The lowest BCUT2D eigenvalue weighted by atomic mass is 9.95. The first-order valence-corrected chi connectivity index (χ1v) is 11.1. The normalized spacial score (nSPS) is 14.1. The number of rotatable bonds is 6. The highest BCUT2D eigenvalue weighted by molar-refractivity contribution is 6.07. The molecule has 33 heavy (non-hydrogen) atoms. The van der Waals surface area contributed by atoms with E-state index < -0.39 is 0 Å². The van der Waals surface area contributed by atoms with Crippen LogP contribution in [0.2, 0.25) is 0 Å². The number of phenols is 1. The predicted molar refractivity (Wildman–Crippen MR) is 126 cm³/mol. The van der Waals surface area contributed by atoms with E-state index in [1.807, 2.05) is 47.4 Å². The number of hydrogen-bond acceptors (Lipinski definition) is 4. The number of carbonyl (C=O) groups is 3. The number of piperidine rings is 1. The Bertz CT molecular complexity index is 1150. The Labute approximate surface area is 192 Å². The molecule has 0 unspecified atom stereocenters. The summed E-state index contributed by atoms with van der Waals surface area (Å²) in [5.41, 5.74) is 1.14. The minimum Gasteiger partial charge on any atom is -0.508 e. The van der Waals surface area contributed by atoms with Crippen molar-refractivity contribution in [2.24, 2.45) is 5.92 Å². The largest absolute Gasteiger partial charge is 0.508 e. The molecular formula is C26H27N3O4. The molecule has 1 saturated heterocycles. The molecule has 3 aromatic carbocycles. The molecule has 0 radical (unpaired) electrons. The number of fused-ring (bicyclic) bond motifs is 1. The van der Waals surface area contributed by atoms with Gasteiger partial charge in [0.2, 0.25) is 5.91 Å². The summed E-state index contributed by atoms with van der Waals surface area (Å²) < 4.78 is 0. The zero-order valence-corrected chi connectivity index (χ0v) is 18.3. The van der Waals surface area contributed by atoms with Crippen LogP contribution in [0.4, 0.5) is 0 Å². The Morgan fingerprint density at radius 1 is 0.848 bits per heavy atom. The smallest absolute Gasteiger partial charge is 0.254 e. The monoisotopic (exact) mass is 445 g/mol. The highest BCUT2D eigenvalue weighted by Gasteiger charge is 2.28. The summed E-state index contributed by atoms with van der Waals surface area (Å²) >= 11 is 0. The fraction of sp³-hybridized carbons (Fsp3) is 0.269. The number of amides is 3. The number of likely N-dealkylation sites (tertiary alicyclic amines) is 1. The molecule has 0 bridgehead atoms. The number of nitrogens with zero attached hydrogens (tertiary/aromatic N) is 1. The van der Waals surface area contributed by atoms with E-state index in [1.165, 1.54) is 24.3 Å². The van der Waals surface area contributed by atoms with Gasteiger partial charge in [0.15, 0.2) is 0 Å². The lowest BCUT2D eigenvalue weighted by molar-refractivity contribution is -0.126. The Hall–Kier alpha value is -3.87. The standard InChI is InChI=1S/C26H27N3O4/c30-21-10-8-19(9-11-21)24(31)27-14-15-28-25(32)20-12-16-29(17-13-20)26(33)23-7-3-5-18-4-1-2-6-22(18)23/h1-11,20,30H,12-17H2,(H,27,31)(H,28,32). The third-order valence-corrected chi connectivity index (χ3v) is 6.01. The third-order valence-electron chi connectivity index (χ3n) is 6.01. The molecule has 0 spiro atoms. The molecule has 3 amide bonds. The average molecular weight is 446 g/mol. The lowest BCUT2D eigenvalue weighted by Crippen LogP contribution is -2.44. The van der Waals surface area contributed by atoms with Gasteiger partial charge < -0.3 is 20.6 Å². The van der Waals surface area contributed by atoms with Gasteiger partial charge in [0.1, 0.15) is 5.75 Å². The van der Waals surface area contributed by atoms with Crippen LogP contribution in [0.25, 0.3) is 10.8 Å². The summed E-state index contributed by atoms with van der Waals surface area (Å²) in [6, 6.07) is 19.6. The minimum absolute atomic E-state index is 0.00241. The zero-order valence-electron chi connectivity index (χ0n) is 18.3. The summed E-state index contributed by atoms with van der Waals surface area (Å²) in [5.74, 6) is -0.351. The van der Waals surface area contributed by atoms with Crippen molar-refractivity contribution in [1.29, 1.82) is 0 Å². The highest BCUT2D eigenvalue weighted by atomic mass is 16.3. The van der Waals surface area contributed by atoms with Gasteiger partial charge in [-0.25, -0.2) is 0 Å². The van der Waals surface area contributed by atoms with Crippen molar-refractivity contribution in [1.82, 2.24) is 15.5 Å². The van der Waals surface area contributed by atoms with Gasteiger partial charge in [-0.1, -0.05) is 36.4 Å². The predicted octanol–water partition coefficient (Wildman–Crippen LogP) is 2.94. The van der Waals surface area contributed by atoms with E-state index in [0.29, 0.717) is 50.1 Å². The van der Waals surface area contributed by atoms with Crippen LogP contribution in [0.15, 0.2) is 66.7 Å². The van der Waals surface area contributed by atoms with Crippen molar-refractivity contribution >= 4 is 28.5 Å². The van der Waals surface area contributed by atoms with Crippen LogP contribution in [0.3, 0.4) is 0 Å². The fourth-order valence-electron chi connectivity index (χ4n) is 4.15. The van der Waals surface area contributed by atoms with Gasteiger partial charge in [0, 0.05) is 43.2 Å². The molecule has 3 aromatic rings. The van der Waals surface area contributed by atoms with Crippen LogP contribution in [0.5, 0.6) is 5.75 Å². The molecule has 0 saturated carbocycles. The van der Waals surface area contributed by atoms with E-state index in [9.17, 15) is 19.5 Å². The first kappa shape index (κ1) is 22.3. The van der Waals surface area contributed by atoms with Crippen LogP contribution in [-0.4, -0.2) is 53.9 Å². The number of hydrogen-bond donors (Lipinski definition) is 3. The van der Waals surface area contributed by atoms with E-state index >= 15 is 0 Å². The summed E-state index contributed by atoms with van der Waals surface area (Å²) in [5, 5.41) is 16.9. The molecule has 0 aromatic heterocycles. The molecule has 7 nitrogen and oxygen atoms in total. The second kappa shape index (κ2) is 10.2. The maximum absolute atomic E-state index is 13.1. The van der Waals surface area contributed by atoms with Crippen LogP contribution in [0.1, 0.15) is 33.6 Å². The second-order valence-corrected chi connectivity index (χ2v) is 8.19. The van der Waals surface area contributed by atoms with Crippen molar-refractivity contribution in [3.8, 4) is 5.75 Å². The van der Waals surface area contributed by atoms with Gasteiger partial charge in [-0.05, 0) is 53.9 Å². The molecule has 0 aliphatic carbocycles. The number of aromatic hydroxyl groups is 1. The summed E-state index contributed by atoms with van der Waals surface area (Å²) in [7, 11) is 0. The molecule has 0 atom stereocenters. The number of benzene rings is 3. The van der Waals surface area contributed by atoms with Gasteiger partial charge in [0.25, 0.3) is 11.8 Å². The summed E-state index contributed by atoms with van der Waals surface area (Å²) in [6.45, 7) is 1.72. The quantitative estimate of drug-likeness (QED) is 0.508. The molecule has 170 valence electrons. The van der Waals surface area contributed by atoms with Crippen LogP contribution >= 0.6 is 0 Å². The van der Waals surface area contributed by atoms with Crippen LogP contribution in [-0.2, 0) is 4.79 Å². The van der Waals surface area contributed by atoms with Crippen molar-refractivity contribution in [2.75, 3.05) is 26.2 Å². The van der Waals surface area contributed by atoms with Gasteiger partial charge in [-0.3, -0.25) is 14.4 Å². The SMILES string of the molecule is O=C(NCCNC(=O)C1CCN(C(=O)c2cccc3ccccc23)CC1)c1ccc(O)cc1. The number of nitrogens with one attached hydrogen (secondary N) is 2. The van der Waals surface area contributed by atoms with Crippen molar-refractivity contribution in [3.63, 3.8) is 0 Å². The minimum atomic E-state index is -0.260. The van der Waals surface area contributed by atoms with Crippen molar-refractivity contribution in [2.45, 2.75) is 12.8 Å². The molecular weight excluding hydrogens is 418 g/mol. The number of carbonyl (C=O) groups excluding carboxylic acids is 3. The van der Waals surface area contributed by atoms with E-state index in [-0.39, 0.29) is 29.4 Å². The van der Waals surface area contributed by atoms with Gasteiger partial charge in [0.05, 0.1) is 0 Å². The van der Waals surface area contributed by atoms with Gasteiger partial charge in [-0.15, -0.1) is 0 Å². The topological polar surface area (TPSA) is 98.7 Å². The van der Waals surface area contributed by atoms with Gasteiger partial charge in [-0.2, -0.15) is 0 Å². The maximum atomic E-state index is 13.1. The van der Waals surface area contributed by atoms with E-state index in [4.69, 9.17) is 0 Å². The molecule has 4 rings (SSSR count). The fourth-order valence-corrected chi connectivity index (χ4v) is 4.15. The lowest BCUT2D eigenvalue weighted by Gasteiger charge is -2.31. The van der Waals surface area contributed by atoms with Gasteiger partial charge >= 0.3 is 0 Å². The Morgan fingerprint density at radius 3 is 2.27 bits per heavy atom. The van der Waals surface area contributed by atoms with Crippen LogP contribution in [0, 0.1) is 5.92 Å². The zero-order chi connectivity index (χ0) is 23.2. The molecule has 3 N–H and O–H groups in total. The van der Waals surface area contributed by atoms with E-state index in [1.54, 1.807) is 0 Å². The Kier molecular flexibility index (Phi) is 6.88. The molecule has 1 aliphatic rings. The number of phenolic OH excluding ortho intramolecular Hbond substituents is 1. The maximum Gasteiger partial charge on any atom is 0.254 e. The van der Waals surface area contributed by atoms with E-state index in [0.717, 1.165) is 10.8 Å². The van der Waals surface area contributed by atoms with E-state index in [2.05, 4.69) is 10.6 Å². The summed E-state index contributed by atoms with van der Waals surface area (Å²) in [4.78, 5) is 39.5. The van der Waals surface area contributed by atoms with Crippen LogP contribution < -0.4 is 10.6 Å².